The Morgan fingerprint density at radius 3 is 2.54 bits per heavy atom. The molecule has 1 aromatic carbocycles. The zero-order valence-electron chi connectivity index (χ0n) is 14.7. The van der Waals surface area contributed by atoms with Crippen molar-refractivity contribution in [2.45, 2.75) is 39.0 Å². The van der Waals surface area contributed by atoms with Crippen LogP contribution in [0.1, 0.15) is 26.0 Å². The molecule has 0 fully saturated rings. The minimum atomic E-state index is -0.546. The van der Waals surface area contributed by atoms with Crippen LogP contribution in [0.15, 0.2) is 42.6 Å². The van der Waals surface area contributed by atoms with Gasteiger partial charge >= 0.3 is 0 Å². The summed E-state index contributed by atoms with van der Waals surface area (Å²) in [4.78, 5) is 2.30. The van der Waals surface area contributed by atoms with Crippen molar-refractivity contribution in [3.05, 3.63) is 53.3 Å². The maximum atomic E-state index is 10.4. The van der Waals surface area contributed by atoms with Gasteiger partial charge < -0.3 is 14.4 Å². The second-order valence-corrected chi connectivity index (χ2v) is 6.65. The first-order valence-electron chi connectivity index (χ1n) is 8.40. The molecule has 0 aliphatic rings. The number of halogens is 1. The number of nitrogens with zero attached hydrogens (tertiary/aromatic N) is 2. The number of aryl methyl sites for hydroxylation is 1. The fourth-order valence-corrected chi connectivity index (χ4v) is 2.70. The molecule has 24 heavy (non-hydrogen) atoms. The van der Waals surface area contributed by atoms with Gasteiger partial charge in [-0.25, -0.2) is 0 Å². The van der Waals surface area contributed by atoms with Crippen molar-refractivity contribution >= 4 is 11.6 Å². The predicted octanol–water partition coefficient (Wildman–Crippen LogP) is 3.72. The van der Waals surface area contributed by atoms with Crippen LogP contribution in [0.4, 0.5) is 0 Å². The summed E-state index contributed by atoms with van der Waals surface area (Å²) >= 11 is 5.86. The molecule has 132 valence electrons. The fourth-order valence-electron chi connectivity index (χ4n) is 2.57. The molecular formula is C19H27ClN2O2. The van der Waals surface area contributed by atoms with Gasteiger partial charge in [-0.15, -0.1) is 0 Å². The second kappa shape index (κ2) is 9.11. The van der Waals surface area contributed by atoms with E-state index >= 15 is 0 Å². The molecule has 4 nitrogen and oxygen atoms in total. The van der Waals surface area contributed by atoms with E-state index in [9.17, 15) is 5.11 Å². The lowest BCUT2D eigenvalue weighted by Crippen LogP contribution is -2.40. The molecule has 0 aliphatic carbocycles. The number of aliphatic hydroxyl groups excluding tert-OH is 1. The van der Waals surface area contributed by atoms with E-state index in [1.54, 1.807) is 12.1 Å². The monoisotopic (exact) mass is 350 g/mol. The molecule has 0 radical (unpaired) electrons. The number of aromatic nitrogens is 1. The van der Waals surface area contributed by atoms with Crippen LogP contribution in [0.5, 0.6) is 5.75 Å². The zero-order chi connectivity index (χ0) is 17.5. The lowest BCUT2D eigenvalue weighted by Gasteiger charge is -2.30. The average molecular weight is 351 g/mol. The van der Waals surface area contributed by atoms with Gasteiger partial charge in [0.25, 0.3) is 0 Å². The van der Waals surface area contributed by atoms with Crippen molar-refractivity contribution in [2.75, 3.05) is 13.2 Å². The highest BCUT2D eigenvalue weighted by Crippen LogP contribution is 2.16. The number of rotatable bonds is 9. The van der Waals surface area contributed by atoms with Crippen LogP contribution in [0.25, 0.3) is 0 Å². The van der Waals surface area contributed by atoms with Crippen LogP contribution < -0.4 is 4.74 Å². The maximum absolute atomic E-state index is 10.4. The van der Waals surface area contributed by atoms with Gasteiger partial charge in [0, 0.05) is 43.1 Å². The van der Waals surface area contributed by atoms with E-state index in [1.165, 1.54) is 5.69 Å². The van der Waals surface area contributed by atoms with E-state index in [0.717, 1.165) is 18.7 Å². The Kier molecular flexibility index (Phi) is 7.16. The van der Waals surface area contributed by atoms with Crippen LogP contribution in [-0.4, -0.2) is 39.9 Å². The van der Waals surface area contributed by atoms with Crippen molar-refractivity contribution in [2.24, 2.45) is 7.05 Å². The number of hydrogen-bond acceptors (Lipinski definition) is 3. The smallest absolute Gasteiger partial charge is 0.119 e. The summed E-state index contributed by atoms with van der Waals surface area (Å²) in [5.41, 5.74) is 1.24. The average Bonchev–Trinajstić information content (AvgIpc) is 2.98. The standard InChI is InChI=1S/C19H27ClN2O2/c1-4-15(2)22(12-17-6-5-11-21(17)3)13-18(23)14-24-19-9-7-16(20)8-10-19/h5-11,15,18,23H,4,12-14H2,1-3H3/t15-,18+/m0/s1. The quantitative estimate of drug-likeness (QED) is 0.749. The molecule has 2 aromatic rings. The summed E-state index contributed by atoms with van der Waals surface area (Å²) in [6.07, 6.45) is 2.54. The van der Waals surface area contributed by atoms with Crippen LogP contribution in [0.2, 0.25) is 5.02 Å². The molecule has 1 N–H and O–H groups in total. The van der Waals surface area contributed by atoms with E-state index in [-0.39, 0.29) is 6.61 Å². The SMILES string of the molecule is CC[C@H](C)N(Cc1cccn1C)C[C@@H](O)COc1ccc(Cl)cc1. The van der Waals surface area contributed by atoms with Crippen LogP contribution >= 0.6 is 11.6 Å². The summed E-state index contributed by atoms with van der Waals surface area (Å²) in [6.45, 7) is 6.01. The van der Waals surface area contributed by atoms with Crippen LogP contribution in [0, 0.1) is 0 Å². The predicted molar refractivity (Wildman–Crippen MR) is 98.5 cm³/mol. The summed E-state index contributed by atoms with van der Waals surface area (Å²) in [5, 5.41) is 11.1. The van der Waals surface area contributed by atoms with Gasteiger partial charge in [0.15, 0.2) is 0 Å². The third kappa shape index (κ3) is 5.55. The molecule has 0 unspecified atom stereocenters. The zero-order valence-corrected chi connectivity index (χ0v) is 15.4. The molecule has 1 aromatic heterocycles. The number of benzene rings is 1. The van der Waals surface area contributed by atoms with Gasteiger partial charge in [0.1, 0.15) is 18.5 Å². The molecular weight excluding hydrogens is 324 g/mol. The van der Waals surface area contributed by atoms with E-state index < -0.39 is 6.10 Å². The molecule has 1 heterocycles. The Bertz CT molecular complexity index is 612. The Morgan fingerprint density at radius 2 is 1.96 bits per heavy atom. The normalized spacial score (nSPS) is 13.9. The van der Waals surface area contributed by atoms with Crippen molar-refractivity contribution in [3.63, 3.8) is 0 Å². The van der Waals surface area contributed by atoms with Crippen molar-refractivity contribution in [1.82, 2.24) is 9.47 Å². The van der Waals surface area contributed by atoms with Gasteiger partial charge in [-0.05, 0) is 49.7 Å². The minimum absolute atomic E-state index is 0.266. The Balaban J connectivity index is 1.90. The van der Waals surface area contributed by atoms with Crippen molar-refractivity contribution in [1.29, 1.82) is 0 Å². The highest BCUT2D eigenvalue weighted by molar-refractivity contribution is 6.30. The number of aliphatic hydroxyl groups is 1. The minimum Gasteiger partial charge on any atom is -0.491 e. The summed E-state index contributed by atoms with van der Waals surface area (Å²) in [6, 6.07) is 11.7. The second-order valence-electron chi connectivity index (χ2n) is 6.22. The first-order chi connectivity index (χ1) is 11.5. The molecule has 0 saturated carbocycles. The van der Waals surface area contributed by atoms with Crippen molar-refractivity contribution in [3.8, 4) is 5.75 Å². The lowest BCUT2D eigenvalue weighted by molar-refractivity contribution is 0.0497. The van der Waals surface area contributed by atoms with E-state index in [0.29, 0.717) is 17.6 Å². The van der Waals surface area contributed by atoms with E-state index in [4.69, 9.17) is 16.3 Å². The van der Waals surface area contributed by atoms with E-state index in [2.05, 4.69) is 29.4 Å². The lowest BCUT2D eigenvalue weighted by atomic mass is 10.2. The highest BCUT2D eigenvalue weighted by Gasteiger charge is 2.18. The molecule has 0 bridgehead atoms. The van der Waals surface area contributed by atoms with Gasteiger partial charge in [0.2, 0.25) is 0 Å². The molecule has 0 saturated heterocycles. The van der Waals surface area contributed by atoms with Crippen LogP contribution in [-0.2, 0) is 13.6 Å². The molecule has 0 aliphatic heterocycles. The third-order valence-electron chi connectivity index (χ3n) is 4.33. The third-order valence-corrected chi connectivity index (χ3v) is 4.58. The molecule has 0 amide bonds. The summed E-state index contributed by atoms with van der Waals surface area (Å²) < 4.78 is 7.77. The van der Waals surface area contributed by atoms with Crippen LogP contribution in [0.3, 0.4) is 0 Å². The maximum Gasteiger partial charge on any atom is 0.119 e. The number of ether oxygens (including phenoxy) is 1. The Morgan fingerprint density at radius 1 is 1.25 bits per heavy atom. The molecule has 0 spiro atoms. The molecule has 2 atom stereocenters. The van der Waals surface area contributed by atoms with E-state index in [1.807, 2.05) is 31.4 Å². The molecule has 2 rings (SSSR count). The number of hydrogen-bond donors (Lipinski definition) is 1. The first kappa shape index (κ1) is 18.8. The van der Waals surface area contributed by atoms with Gasteiger partial charge in [-0.2, -0.15) is 0 Å². The largest absolute Gasteiger partial charge is 0.491 e. The summed E-state index contributed by atoms with van der Waals surface area (Å²) in [5.74, 6) is 0.718. The van der Waals surface area contributed by atoms with Gasteiger partial charge in [-0.3, -0.25) is 4.90 Å². The highest BCUT2D eigenvalue weighted by atomic mass is 35.5. The Hall–Kier alpha value is -1.49. The van der Waals surface area contributed by atoms with Gasteiger partial charge in [0.05, 0.1) is 0 Å². The summed E-state index contributed by atoms with van der Waals surface area (Å²) in [7, 11) is 2.05. The first-order valence-corrected chi connectivity index (χ1v) is 8.78. The van der Waals surface area contributed by atoms with Gasteiger partial charge in [-0.1, -0.05) is 18.5 Å². The Labute approximate surface area is 149 Å². The topological polar surface area (TPSA) is 37.6 Å². The molecule has 5 heteroatoms. The van der Waals surface area contributed by atoms with Crippen molar-refractivity contribution < 1.29 is 9.84 Å². The fraction of sp³-hybridized carbons (Fsp3) is 0.474.